The molecule has 1 aromatic rings. The predicted octanol–water partition coefficient (Wildman–Crippen LogP) is 4.47. The van der Waals surface area contributed by atoms with E-state index in [-0.39, 0.29) is 0 Å². The lowest BCUT2D eigenvalue weighted by Gasteiger charge is -2.18. The zero-order valence-electron chi connectivity index (χ0n) is 10.4. The first-order valence-electron chi connectivity index (χ1n) is 5.94. The smallest absolute Gasteiger partial charge is 0.247 e. The van der Waals surface area contributed by atoms with Crippen molar-refractivity contribution in [2.24, 2.45) is 0 Å². The molecule has 0 heterocycles. The van der Waals surface area contributed by atoms with Crippen LogP contribution >= 0.6 is 7.37 Å². The first kappa shape index (κ1) is 13.3. The average molecular weight is 240 g/mol. The summed E-state index contributed by atoms with van der Waals surface area (Å²) in [5.41, 5.74) is 1.14. The molecule has 0 bridgehead atoms. The molecule has 0 radical (unpaired) electrons. The summed E-state index contributed by atoms with van der Waals surface area (Å²) >= 11 is 0. The van der Waals surface area contributed by atoms with Crippen LogP contribution in [0.5, 0.6) is 5.75 Å². The Hall–Kier alpha value is -0.750. The van der Waals surface area contributed by atoms with Crippen LogP contribution in [0.15, 0.2) is 24.3 Å². The van der Waals surface area contributed by atoms with Crippen LogP contribution in [0.3, 0.4) is 0 Å². The second-order valence-corrected chi connectivity index (χ2v) is 6.88. The summed E-state index contributed by atoms with van der Waals surface area (Å²) in [6.45, 7) is 6.10. The van der Waals surface area contributed by atoms with E-state index in [0.29, 0.717) is 12.3 Å². The van der Waals surface area contributed by atoms with Crippen molar-refractivity contribution in [3.63, 3.8) is 0 Å². The fourth-order valence-electron chi connectivity index (χ4n) is 1.75. The molecule has 16 heavy (non-hydrogen) atoms. The molecule has 90 valence electrons. The number of benzene rings is 1. The molecule has 0 fully saturated rings. The van der Waals surface area contributed by atoms with Gasteiger partial charge in [0.2, 0.25) is 7.37 Å². The summed E-state index contributed by atoms with van der Waals surface area (Å²) in [6, 6.07) is 7.77. The molecule has 0 spiro atoms. The monoisotopic (exact) mass is 240 g/mol. The molecule has 0 amide bonds. The molecule has 0 aliphatic rings. The molecule has 1 rings (SSSR count). The Labute approximate surface area is 98.5 Å². The van der Waals surface area contributed by atoms with Gasteiger partial charge in [0.25, 0.3) is 0 Å². The maximum atomic E-state index is 12.5. The quantitative estimate of drug-likeness (QED) is 0.685. The van der Waals surface area contributed by atoms with Gasteiger partial charge in [-0.1, -0.05) is 26.0 Å². The first-order chi connectivity index (χ1) is 7.59. The topological polar surface area (TPSA) is 26.3 Å². The maximum Gasteiger partial charge on any atom is 0.247 e. The van der Waals surface area contributed by atoms with Crippen LogP contribution in [-0.2, 0) is 4.57 Å². The van der Waals surface area contributed by atoms with Crippen molar-refractivity contribution in [3.05, 3.63) is 29.8 Å². The molecule has 0 saturated carbocycles. The van der Waals surface area contributed by atoms with Gasteiger partial charge in [-0.25, -0.2) is 0 Å². The van der Waals surface area contributed by atoms with Gasteiger partial charge in [-0.05, 0) is 37.5 Å². The summed E-state index contributed by atoms with van der Waals surface area (Å²) in [5, 5.41) is 0. The van der Waals surface area contributed by atoms with Crippen LogP contribution < -0.4 is 4.52 Å². The summed E-state index contributed by atoms with van der Waals surface area (Å²) in [5.74, 6) is 0.741. The van der Waals surface area contributed by atoms with E-state index in [0.717, 1.165) is 24.2 Å². The van der Waals surface area contributed by atoms with E-state index >= 15 is 0 Å². The molecular weight excluding hydrogens is 219 g/mol. The fraction of sp³-hybridized carbons (Fsp3) is 0.538. The van der Waals surface area contributed by atoms with Crippen LogP contribution in [0.4, 0.5) is 0 Å². The Kier molecular flexibility index (Phi) is 5.08. The molecule has 0 N–H and O–H groups in total. The molecule has 0 aliphatic heterocycles. The van der Waals surface area contributed by atoms with Gasteiger partial charge in [0, 0.05) is 12.3 Å². The lowest BCUT2D eigenvalue weighted by Crippen LogP contribution is -2.01. The highest BCUT2D eigenvalue weighted by molar-refractivity contribution is 7.59. The Morgan fingerprint density at radius 1 is 1.19 bits per heavy atom. The Morgan fingerprint density at radius 3 is 2.31 bits per heavy atom. The van der Waals surface area contributed by atoms with Crippen LogP contribution in [0.2, 0.25) is 0 Å². The zero-order valence-corrected chi connectivity index (χ0v) is 11.3. The van der Waals surface area contributed by atoms with Crippen LogP contribution in [0, 0.1) is 6.92 Å². The van der Waals surface area contributed by atoms with Crippen molar-refractivity contribution >= 4 is 7.37 Å². The van der Waals surface area contributed by atoms with Gasteiger partial charge < -0.3 is 4.52 Å². The van der Waals surface area contributed by atoms with Gasteiger partial charge in [-0.2, -0.15) is 0 Å². The van der Waals surface area contributed by atoms with E-state index < -0.39 is 7.37 Å². The highest BCUT2D eigenvalue weighted by atomic mass is 31.2. The third-order valence-corrected chi connectivity index (χ3v) is 5.19. The molecule has 0 atom stereocenters. The minimum atomic E-state index is -2.46. The summed E-state index contributed by atoms with van der Waals surface area (Å²) in [4.78, 5) is 0. The zero-order chi connectivity index (χ0) is 12.0. The SMILES string of the molecule is CCCP(=O)(CCC)Oc1cccc(C)c1. The molecule has 0 unspecified atom stereocenters. The van der Waals surface area contributed by atoms with Crippen molar-refractivity contribution in [1.82, 2.24) is 0 Å². The molecule has 1 aromatic carbocycles. The largest absolute Gasteiger partial charge is 0.443 e. The number of hydrogen-bond acceptors (Lipinski definition) is 2. The highest BCUT2D eigenvalue weighted by Gasteiger charge is 2.22. The van der Waals surface area contributed by atoms with E-state index in [4.69, 9.17) is 4.52 Å². The minimum Gasteiger partial charge on any atom is -0.443 e. The van der Waals surface area contributed by atoms with E-state index in [9.17, 15) is 4.57 Å². The molecular formula is C13H21O2P. The number of hydrogen-bond donors (Lipinski definition) is 0. The van der Waals surface area contributed by atoms with Gasteiger partial charge in [-0.15, -0.1) is 0 Å². The maximum absolute atomic E-state index is 12.5. The van der Waals surface area contributed by atoms with E-state index in [2.05, 4.69) is 0 Å². The second kappa shape index (κ2) is 6.10. The van der Waals surface area contributed by atoms with E-state index in [1.54, 1.807) is 0 Å². The van der Waals surface area contributed by atoms with Gasteiger partial charge in [0.1, 0.15) is 5.75 Å². The third-order valence-electron chi connectivity index (χ3n) is 2.39. The highest BCUT2D eigenvalue weighted by Crippen LogP contribution is 2.48. The number of rotatable bonds is 6. The minimum absolute atomic E-state index is 0.675. The van der Waals surface area contributed by atoms with Gasteiger partial charge in [0.05, 0.1) is 0 Å². The number of aryl methyl sites for hydroxylation is 1. The van der Waals surface area contributed by atoms with Crippen molar-refractivity contribution < 1.29 is 9.09 Å². The molecule has 2 nitrogen and oxygen atoms in total. The summed E-state index contributed by atoms with van der Waals surface area (Å²) in [7, 11) is -2.46. The Bertz CT molecular complexity index is 364. The fourth-order valence-corrected chi connectivity index (χ4v) is 4.02. The van der Waals surface area contributed by atoms with E-state index in [1.165, 1.54) is 0 Å². The molecule has 0 aliphatic carbocycles. The average Bonchev–Trinajstić information content (AvgIpc) is 2.17. The Morgan fingerprint density at radius 2 is 1.81 bits per heavy atom. The van der Waals surface area contributed by atoms with Crippen LogP contribution in [0.25, 0.3) is 0 Å². The molecule has 0 aromatic heterocycles. The predicted molar refractivity (Wildman–Crippen MR) is 69.7 cm³/mol. The van der Waals surface area contributed by atoms with Gasteiger partial charge in [-0.3, -0.25) is 4.57 Å². The van der Waals surface area contributed by atoms with Crippen molar-refractivity contribution in [2.75, 3.05) is 12.3 Å². The van der Waals surface area contributed by atoms with Crippen molar-refractivity contribution in [3.8, 4) is 5.75 Å². The lowest BCUT2D eigenvalue weighted by atomic mass is 10.2. The van der Waals surface area contributed by atoms with Gasteiger partial charge in [0.15, 0.2) is 0 Å². The van der Waals surface area contributed by atoms with E-state index in [1.807, 2.05) is 45.0 Å². The first-order valence-corrected chi connectivity index (χ1v) is 7.93. The molecule has 3 heteroatoms. The summed E-state index contributed by atoms with van der Waals surface area (Å²) < 4.78 is 18.2. The Balaban J connectivity index is 2.79. The lowest BCUT2D eigenvalue weighted by molar-refractivity contribution is 0.479. The summed E-state index contributed by atoms with van der Waals surface area (Å²) in [6.07, 6.45) is 3.16. The van der Waals surface area contributed by atoms with Crippen molar-refractivity contribution in [2.45, 2.75) is 33.6 Å². The standard InChI is InChI=1S/C13H21O2P/c1-4-9-16(14,10-5-2)15-13-8-6-7-12(3)11-13/h6-8,11H,4-5,9-10H2,1-3H3. The molecule has 0 saturated heterocycles. The van der Waals surface area contributed by atoms with Crippen LogP contribution in [0.1, 0.15) is 32.3 Å². The van der Waals surface area contributed by atoms with Crippen LogP contribution in [-0.4, -0.2) is 12.3 Å². The van der Waals surface area contributed by atoms with Crippen molar-refractivity contribution in [1.29, 1.82) is 0 Å². The normalized spacial score (nSPS) is 11.4. The van der Waals surface area contributed by atoms with Gasteiger partial charge >= 0.3 is 0 Å². The second-order valence-electron chi connectivity index (χ2n) is 4.17. The third kappa shape index (κ3) is 4.02.